The number of rotatable bonds is 4. The Kier molecular flexibility index (Phi) is 7.00. The SMILES string of the molecule is CC1(C)OB(C2=C(c3ccc(C4=C(B5OC(C)(C)C(C)(C)O5)c5ccccc5[Si]4(C)C)cc3)[Si](C)(C)c3ccccc32)OC1(C)C. The molecule has 3 aromatic rings. The molecule has 2 fully saturated rings. The van der Waals surface area contributed by atoms with Crippen LogP contribution in [0, 0.1) is 0 Å². The van der Waals surface area contributed by atoms with Crippen molar-refractivity contribution < 1.29 is 18.6 Å². The second kappa shape index (κ2) is 10.0. The Labute approximate surface area is 278 Å². The van der Waals surface area contributed by atoms with E-state index in [2.05, 4.69) is 154 Å². The van der Waals surface area contributed by atoms with Gasteiger partial charge in [-0.2, -0.15) is 0 Å². The molecule has 0 aliphatic carbocycles. The molecule has 0 N–H and O–H groups in total. The quantitative estimate of drug-likeness (QED) is 0.272. The molecule has 0 amide bonds. The van der Waals surface area contributed by atoms with Gasteiger partial charge in [-0.15, -0.1) is 0 Å². The third-order valence-electron chi connectivity index (χ3n) is 12.0. The van der Waals surface area contributed by atoms with E-state index in [-0.39, 0.29) is 0 Å². The molecule has 0 radical (unpaired) electrons. The summed E-state index contributed by atoms with van der Waals surface area (Å²) in [5.41, 5.74) is 5.85. The summed E-state index contributed by atoms with van der Waals surface area (Å²) >= 11 is 0. The van der Waals surface area contributed by atoms with Crippen molar-refractivity contribution in [2.45, 2.75) is 104 Å². The number of hydrogen-bond donors (Lipinski definition) is 0. The van der Waals surface area contributed by atoms with Gasteiger partial charge >= 0.3 is 14.2 Å². The van der Waals surface area contributed by atoms with Crippen LogP contribution in [0.15, 0.2) is 72.8 Å². The van der Waals surface area contributed by atoms with Crippen LogP contribution in [0.2, 0.25) is 26.2 Å². The van der Waals surface area contributed by atoms with E-state index >= 15 is 0 Å². The highest BCUT2D eigenvalue weighted by molar-refractivity contribution is 7.11. The summed E-state index contributed by atoms with van der Waals surface area (Å²) in [6.45, 7) is 27.0. The van der Waals surface area contributed by atoms with Gasteiger partial charge in [-0.25, -0.2) is 0 Å². The van der Waals surface area contributed by atoms with Crippen molar-refractivity contribution in [1.29, 1.82) is 0 Å². The molecular weight excluding hydrogens is 598 g/mol. The molecule has 0 atom stereocenters. The van der Waals surface area contributed by atoms with Crippen molar-refractivity contribution in [3.8, 4) is 0 Å². The first kappa shape index (κ1) is 32.1. The number of benzene rings is 3. The third kappa shape index (κ3) is 4.47. The Balaban J connectivity index is 1.38. The lowest BCUT2D eigenvalue weighted by atomic mass is 9.72. The van der Waals surface area contributed by atoms with Crippen molar-refractivity contribution in [1.82, 2.24) is 0 Å². The molecule has 238 valence electrons. The molecule has 0 unspecified atom stereocenters. The zero-order valence-corrected chi connectivity index (χ0v) is 31.7. The van der Waals surface area contributed by atoms with E-state index in [1.165, 1.54) is 54.0 Å². The molecule has 0 spiro atoms. The summed E-state index contributed by atoms with van der Waals surface area (Å²) in [6.07, 6.45) is 0. The minimum atomic E-state index is -2.07. The number of fused-ring (bicyclic) bond motifs is 2. The smallest absolute Gasteiger partial charge is 0.399 e. The van der Waals surface area contributed by atoms with E-state index in [9.17, 15) is 0 Å². The highest BCUT2D eigenvalue weighted by atomic mass is 28.3. The van der Waals surface area contributed by atoms with Crippen molar-refractivity contribution in [3.63, 3.8) is 0 Å². The van der Waals surface area contributed by atoms with Crippen LogP contribution in [0.25, 0.3) is 21.3 Å². The van der Waals surface area contributed by atoms with Crippen LogP contribution in [0.5, 0.6) is 0 Å². The summed E-state index contributed by atoms with van der Waals surface area (Å²) in [4.78, 5) is 0. The molecule has 3 aromatic carbocycles. The minimum Gasteiger partial charge on any atom is -0.399 e. The van der Waals surface area contributed by atoms with Crippen LogP contribution in [-0.4, -0.2) is 52.8 Å². The lowest BCUT2D eigenvalue weighted by Crippen LogP contribution is -2.41. The second-order valence-corrected chi connectivity index (χ2v) is 25.2. The Morgan fingerprint density at radius 3 is 1.02 bits per heavy atom. The van der Waals surface area contributed by atoms with E-state index in [1.54, 1.807) is 0 Å². The molecule has 0 bridgehead atoms. The van der Waals surface area contributed by atoms with Gasteiger partial charge in [0.2, 0.25) is 0 Å². The average Bonchev–Trinajstić information content (AvgIpc) is 3.53. The molecule has 7 rings (SSSR count). The zero-order chi connectivity index (χ0) is 33.2. The van der Waals surface area contributed by atoms with Crippen molar-refractivity contribution in [2.24, 2.45) is 0 Å². The molecule has 4 aliphatic rings. The largest absolute Gasteiger partial charge is 0.495 e. The van der Waals surface area contributed by atoms with Gasteiger partial charge in [0.25, 0.3) is 0 Å². The Morgan fingerprint density at radius 1 is 0.435 bits per heavy atom. The van der Waals surface area contributed by atoms with Crippen LogP contribution in [0.1, 0.15) is 77.6 Å². The minimum absolute atomic E-state index is 0.410. The Hall–Kier alpha value is -2.46. The molecule has 0 aromatic heterocycles. The first-order valence-electron chi connectivity index (χ1n) is 16.8. The first-order chi connectivity index (χ1) is 21.3. The molecule has 4 nitrogen and oxygen atoms in total. The van der Waals surface area contributed by atoms with Crippen LogP contribution in [0.3, 0.4) is 0 Å². The van der Waals surface area contributed by atoms with Gasteiger partial charge in [-0.1, -0.05) is 99.0 Å². The monoisotopic (exact) mass is 646 g/mol. The van der Waals surface area contributed by atoms with Gasteiger partial charge in [-0.3, -0.25) is 0 Å². The van der Waals surface area contributed by atoms with Crippen molar-refractivity contribution in [3.05, 3.63) is 95.1 Å². The molecular formula is C38H48B2O4Si2. The molecule has 2 saturated heterocycles. The van der Waals surface area contributed by atoms with Crippen molar-refractivity contribution in [2.75, 3.05) is 0 Å². The fourth-order valence-electron chi connectivity index (χ4n) is 7.99. The lowest BCUT2D eigenvalue weighted by Gasteiger charge is -2.32. The topological polar surface area (TPSA) is 36.9 Å². The highest BCUT2D eigenvalue weighted by Crippen LogP contribution is 2.49. The van der Waals surface area contributed by atoms with Gasteiger partial charge in [0.05, 0.1) is 22.4 Å². The molecule has 0 saturated carbocycles. The summed E-state index contributed by atoms with van der Waals surface area (Å²) < 4.78 is 26.9. The van der Waals surface area contributed by atoms with E-state index < -0.39 is 52.8 Å². The summed E-state index contributed by atoms with van der Waals surface area (Å²) in [5.74, 6) is 0. The molecule has 4 heterocycles. The maximum Gasteiger partial charge on any atom is 0.495 e. The van der Waals surface area contributed by atoms with Gasteiger partial charge < -0.3 is 18.6 Å². The fourth-order valence-corrected chi connectivity index (χ4v) is 15.0. The average molecular weight is 647 g/mol. The van der Waals surface area contributed by atoms with Gasteiger partial charge in [0.1, 0.15) is 16.1 Å². The standard InChI is InChI=1S/C38H48B2O4Si2/c1-35(2)36(3,4)42-39(41-35)31-27-17-13-15-19-29(27)45(9,10)33(31)25-21-23-26(24-22-25)34-32(40-43-37(5,6)38(7,8)44-40)28-18-14-16-20-30(28)46(34,11)12/h13-24H,1-12H3. The Morgan fingerprint density at radius 2 is 0.717 bits per heavy atom. The summed E-state index contributed by atoms with van der Waals surface area (Å²) in [5, 5.41) is 5.71. The van der Waals surface area contributed by atoms with Crippen molar-refractivity contribution >= 4 is 62.1 Å². The van der Waals surface area contributed by atoms with Crippen LogP contribution in [0.4, 0.5) is 0 Å². The Bertz CT molecular complexity index is 1650. The predicted molar refractivity (Wildman–Crippen MR) is 199 cm³/mol. The zero-order valence-electron chi connectivity index (χ0n) is 29.7. The molecule has 4 aliphatic heterocycles. The van der Waals surface area contributed by atoms with E-state index in [0.717, 1.165) is 0 Å². The summed E-state index contributed by atoms with van der Waals surface area (Å²) in [7, 11) is -4.97. The lowest BCUT2D eigenvalue weighted by molar-refractivity contribution is 0.00578. The number of hydrogen-bond acceptors (Lipinski definition) is 4. The maximum atomic E-state index is 6.74. The molecule has 46 heavy (non-hydrogen) atoms. The fraction of sp³-hybridized carbons (Fsp3) is 0.421. The second-order valence-electron chi connectivity index (χ2n) is 16.7. The maximum absolute atomic E-state index is 6.74. The van der Waals surface area contributed by atoms with Gasteiger partial charge in [0, 0.05) is 0 Å². The van der Waals surface area contributed by atoms with E-state index in [4.69, 9.17) is 18.6 Å². The van der Waals surface area contributed by atoms with Gasteiger partial charge in [0.15, 0.2) is 0 Å². The highest BCUT2D eigenvalue weighted by Gasteiger charge is 2.57. The van der Waals surface area contributed by atoms with Crippen LogP contribution >= 0.6 is 0 Å². The molecule has 8 heteroatoms. The predicted octanol–water partition coefficient (Wildman–Crippen LogP) is 7.71. The first-order valence-corrected chi connectivity index (χ1v) is 22.8. The third-order valence-corrected chi connectivity index (χ3v) is 19.2. The van der Waals surface area contributed by atoms with Crippen LogP contribution in [-0.2, 0) is 18.6 Å². The van der Waals surface area contributed by atoms with E-state index in [0.29, 0.717) is 0 Å². The van der Waals surface area contributed by atoms with Gasteiger partial charge in [-0.05, 0) is 109 Å². The normalized spacial score (nSPS) is 24.5. The van der Waals surface area contributed by atoms with Crippen LogP contribution < -0.4 is 10.4 Å². The summed E-state index contributed by atoms with van der Waals surface area (Å²) in [6, 6.07) is 27.2. The van der Waals surface area contributed by atoms with E-state index in [1.807, 2.05) is 0 Å².